The number of morpholine rings is 1. The Balaban J connectivity index is 1.64. The van der Waals surface area contributed by atoms with Gasteiger partial charge in [0.25, 0.3) is 5.91 Å². The van der Waals surface area contributed by atoms with Crippen LogP contribution in [0.1, 0.15) is 48.3 Å². The Kier molecular flexibility index (Phi) is 6.76. The van der Waals surface area contributed by atoms with Gasteiger partial charge in [-0.3, -0.25) is 9.69 Å². The molecular formula is C23H29ClN2O2. The van der Waals surface area contributed by atoms with Crippen molar-refractivity contribution in [3.05, 3.63) is 70.2 Å². The number of rotatable bonds is 5. The molecule has 1 aliphatic rings. The van der Waals surface area contributed by atoms with Crippen molar-refractivity contribution >= 4 is 17.5 Å². The summed E-state index contributed by atoms with van der Waals surface area (Å²) in [7, 11) is 1.83. The van der Waals surface area contributed by atoms with Crippen molar-refractivity contribution in [2.45, 2.75) is 45.6 Å². The third-order valence-corrected chi connectivity index (χ3v) is 5.57. The molecule has 0 spiro atoms. The van der Waals surface area contributed by atoms with E-state index in [1.165, 1.54) is 5.56 Å². The van der Waals surface area contributed by atoms with Crippen LogP contribution in [0.2, 0.25) is 5.02 Å². The summed E-state index contributed by atoms with van der Waals surface area (Å²) in [5.41, 5.74) is 2.93. The summed E-state index contributed by atoms with van der Waals surface area (Å²) in [6.07, 6.45) is 0.512. The first-order valence-corrected chi connectivity index (χ1v) is 10.2. The van der Waals surface area contributed by atoms with Crippen LogP contribution in [-0.4, -0.2) is 48.1 Å². The van der Waals surface area contributed by atoms with Crippen molar-refractivity contribution < 1.29 is 9.53 Å². The van der Waals surface area contributed by atoms with E-state index in [2.05, 4.69) is 30.9 Å². The van der Waals surface area contributed by atoms with E-state index in [0.717, 1.165) is 25.2 Å². The summed E-state index contributed by atoms with van der Waals surface area (Å²) in [6.45, 7) is 8.98. The minimum atomic E-state index is -0.0535. The van der Waals surface area contributed by atoms with Gasteiger partial charge in [0.05, 0.1) is 18.2 Å². The van der Waals surface area contributed by atoms with Crippen molar-refractivity contribution in [2.75, 3.05) is 20.1 Å². The molecule has 3 unspecified atom stereocenters. The van der Waals surface area contributed by atoms with Gasteiger partial charge in [-0.25, -0.2) is 0 Å². The maximum atomic E-state index is 12.9. The van der Waals surface area contributed by atoms with Crippen LogP contribution in [0.4, 0.5) is 0 Å². The largest absolute Gasteiger partial charge is 0.373 e. The van der Waals surface area contributed by atoms with E-state index in [4.69, 9.17) is 16.3 Å². The highest BCUT2D eigenvalue weighted by molar-refractivity contribution is 6.30. The van der Waals surface area contributed by atoms with Gasteiger partial charge >= 0.3 is 0 Å². The molecule has 3 atom stereocenters. The second-order valence-corrected chi connectivity index (χ2v) is 8.23. The molecule has 2 aromatic rings. The molecule has 150 valence electrons. The Hall–Kier alpha value is -1.88. The molecule has 1 aliphatic heterocycles. The van der Waals surface area contributed by atoms with Crippen LogP contribution in [0.25, 0.3) is 0 Å². The van der Waals surface area contributed by atoms with Gasteiger partial charge in [-0.15, -0.1) is 0 Å². The summed E-state index contributed by atoms with van der Waals surface area (Å²) >= 11 is 6.09. The average Bonchev–Trinajstić information content (AvgIpc) is 2.66. The lowest BCUT2D eigenvalue weighted by molar-refractivity contribution is -0.0704. The molecule has 1 fully saturated rings. The second kappa shape index (κ2) is 9.08. The van der Waals surface area contributed by atoms with Gasteiger partial charge in [-0.05, 0) is 56.2 Å². The third kappa shape index (κ3) is 5.13. The highest BCUT2D eigenvalue weighted by Crippen LogP contribution is 2.23. The van der Waals surface area contributed by atoms with Crippen molar-refractivity contribution in [3.63, 3.8) is 0 Å². The predicted molar refractivity (Wildman–Crippen MR) is 114 cm³/mol. The molecule has 1 amide bonds. The zero-order chi connectivity index (χ0) is 20.3. The quantitative estimate of drug-likeness (QED) is 0.723. The maximum Gasteiger partial charge on any atom is 0.254 e. The van der Waals surface area contributed by atoms with E-state index < -0.39 is 0 Å². The molecule has 0 aromatic heterocycles. The molecule has 5 heteroatoms. The van der Waals surface area contributed by atoms with Crippen LogP contribution in [0.15, 0.2) is 48.5 Å². The highest BCUT2D eigenvalue weighted by Gasteiger charge is 2.22. The lowest BCUT2D eigenvalue weighted by atomic mass is 10.1. The fourth-order valence-electron chi connectivity index (χ4n) is 3.79. The van der Waals surface area contributed by atoms with Crippen LogP contribution >= 0.6 is 11.6 Å². The van der Waals surface area contributed by atoms with E-state index >= 15 is 0 Å². The Labute approximate surface area is 173 Å². The molecule has 0 aliphatic carbocycles. The first kappa shape index (κ1) is 20.8. The molecule has 2 aromatic carbocycles. The zero-order valence-corrected chi connectivity index (χ0v) is 17.8. The zero-order valence-electron chi connectivity index (χ0n) is 17.1. The molecule has 3 rings (SSSR count). The number of carbonyl (C=O) groups is 1. The molecule has 1 heterocycles. The highest BCUT2D eigenvalue weighted by atomic mass is 35.5. The Bertz CT molecular complexity index is 799. The molecule has 0 bridgehead atoms. The summed E-state index contributed by atoms with van der Waals surface area (Å²) in [5, 5.41) is 0.682. The lowest BCUT2D eigenvalue weighted by Crippen LogP contribution is -2.44. The van der Waals surface area contributed by atoms with Gasteiger partial charge in [0.15, 0.2) is 0 Å². The van der Waals surface area contributed by atoms with Gasteiger partial charge in [0.1, 0.15) is 0 Å². The fourth-order valence-corrected chi connectivity index (χ4v) is 3.99. The Morgan fingerprint density at radius 3 is 2.43 bits per heavy atom. The van der Waals surface area contributed by atoms with Crippen molar-refractivity contribution in [1.82, 2.24) is 9.80 Å². The van der Waals surface area contributed by atoms with Gasteiger partial charge in [0, 0.05) is 37.3 Å². The predicted octanol–water partition coefficient (Wildman–Crippen LogP) is 4.78. The van der Waals surface area contributed by atoms with E-state index in [1.807, 2.05) is 50.4 Å². The summed E-state index contributed by atoms with van der Waals surface area (Å²) in [5.74, 6) is 0.00708. The van der Waals surface area contributed by atoms with Crippen LogP contribution in [0.5, 0.6) is 0 Å². The maximum absolute atomic E-state index is 12.9. The summed E-state index contributed by atoms with van der Waals surface area (Å²) < 4.78 is 5.80. The van der Waals surface area contributed by atoms with Gasteiger partial charge in [-0.2, -0.15) is 0 Å². The van der Waals surface area contributed by atoms with Crippen LogP contribution in [0.3, 0.4) is 0 Å². The molecule has 4 nitrogen and oxygen atoms in total. The normalized spacial score (nSPS) is 21.3. The van der Waals surface area contributed by atoms with E-state index in [1.54, 1.807) is 4.90 Å². The smallest absolute Gasteiger partial charge is 0.254 e. The van der Waals surface area contributed by atoms with Gasteiger partial charge in [-0.1, -0.05) is 35.9 Å². The minimum Gasteiger partial charge on any atom is -0.373 e. The number of carbonyl (C=O) groups excluding carboxylic acids is 1. The van der Waals surface area contributed by atoms with Gasteiger partial charge < -0.3 is 9.64 Å². The van der Waals surface area contributed by atoms with Crippen LogP contribution < -0.4 is 0 Å². The van der Waals surface area contributed by atoms with E-state index in [-0.39, 0.29) is 24.2 Å². The van der Waals surface area contributed by atoms with Crippen molar-refractivity contribution in [2.24, 2.45) is 0 Å². The number of hydrogen-bond donors (Lipinski definition) is 0. The summed E-state index contributed by atoms with van der Waals surface area (Å²) in [4.78, 5) is 17.1. The number of hydrogen-bond acceptors (Lipinski definition) is 3. The molecule has 0 N–H and O–H groups in total. The number of ether oxygens (including phenoxy) is 1. The number of halogens is 1. The molecule has 1 saturated heterocycles. The SMILES string of the molecule is CC1CN(Cc2ccc(C(=O)N(C)C(C)c3cccc(Cl)c3)cc2)CC(C)O1. The van der Waals surface area contributed by atoms with E-state index in [0.29, 0.717) is 10.6 Å². The number of nitrogens with zero attached hydrogens (tertiary/aromatic N) is 2. The lowest BCUT2D eigenvalue weighted by Gasteiger charge is -2.35. The fraction of sp³-hybridized carbons (Fsp3) is 0.435. The van der Waals surface area contributed by atoms with Crippen LogP contribution in [-0.2, 0) is 11.3 Å². The van der Waals surface area contributed by atoms with Gasteiger partial charge in [0.2, 0.25) is 0 Å². The molecule has 0 saturated carbocycles. The first-order chi connectivity index (χ1) is 13.3. The minimum absolute atomic E-state index is 0.00708. The van der Waals surface area contributed by atoms with Crippen LogP contribution in [0, 0.1) is 0 Å². The average molecular weight is 401 g/mol. The van der Waals surface area contributed by atoms with Crippen molar-refractivity contribution in [3.8, 4) is 0 Å². The Morgan fingerprint density at radius 1 is 1.18 bits per heavy atom. The summed E-state index contributed by atoms with van der Waals surface area (Å²) in [6, 6.07) is 15.5. The standard InChI is InChI=1S/C23H29ClN2O2/c1-16-13-26(14-17(2)28-16)15-19-8-10-20(11-9-19)23(27)25(4)18(3)21-6-5-7-22(24)12-21/h5-12,16-18H,13-15H2,1-4H3. The second-order valence-electron chi connectivity index (χ2n) is 7.80. The third-order valence-electron chi connectivity index (χ3n) is 5.33. The monoisotopic (exact) mass is 400 g/mol. The van der Waals surface area contributed by atoms with Crippen molar-refractivity contribution in [1.29, 1.82) is 0 Å². The Morgan fingerprint density at radius 2 is 1.82 bits per heavy atom. The number of benzene rings is 2. The first-order valence-electron chi connectivity index (χ1n) is 9.83. The molecule has 0 radical (unpaired) electrons. The molecule has 28 heavy (non-hydrogen) atoms. The number of amides is 1. The topological polar surface area (TPSA) is 32.8 Å². The molecular weight excluding hydrogens is 372 g/mol. The van der Waals surface area contributed by atoms with E-state index in [9.17, 15) is 4.79 Å².